The number of benzene rings is 1. The van der Waals surface area contributed by atoms with Gasteiger partial charge in [-0.25, -0.2) is 9.59 Å². The summed E-state index contributed by atoms with van der Waals surface area (Å²) >= 11 is 3.34. The van der Waals surface area contributed by atoms with Crippen LogP contribution in [-0.2, 0) is 23.8 Å². The quantitative estimate of drug-likeness (QED) is 0.625. The van der Waals surface area contributed by atoms with E-state index >= 15 is 0 Å². The van der Waals surface area contributed by atoms with Crippen molar-refractivity contribution in [3.05, 3.63) is 57.2 Å². The molecule has 0 N–H and O–H groups in total. The Kier molecular flexibility index (Phi) is 6.97. The molecule has 1 aromatic rings. The van der Waals surface area contributed by atoms with Crippen LogP contribution >= 0.6 is 15.9 Å². The third-order valence-corrected chi connectivity index (χ3v) is 4.35. The molecule has 0 aromatic heterocycles. The highest BCUT2D eigenvalue weighted by Gasteiger charge is 2.41. The Balaban J connectivity index is 2.66. The van der Waals surface area contributed by atoms with Crippen LogP contribution in [0.25, 0.3) is 0 Å². The van der Waals surface area contributed by atoms with Crippen LogP contribution in [0.2, 0.25) is 0 Å². The zero-order chi connectivity index (χ0) is 19.3. The fourth-order valence-corrected chi connectivity index (χ4v) is 3.00. The summed E-state index contributed by atoms with van der Waals surface area (Å²) in [6, 6.07) is 5.86. The molecule has 0 saturated carbocycles. The summed E-state index contributed by atoms with van der Waals surface area (Å²) in [6.07, 6.45) is 0.269. The van der Waals surface area contributed by atoms with Gasteiger partial charge in [-0.15, -0.1) is 0 Å². The third kappa shape index (κ3) is 4.15. The van der Waals surface area contributed by atoms with Gasteiger partial charge in [-0.3, -0.25) is 0 Å². The second-order valence-electron chi connectivity index (χ2n) is 5.41. The number of hydrogen-bond donors (Lipinski definition) is 0. The lowest BCUT2D eigenvalue weighted by atomic mass is 9.82. The van der Waals surface area contributed by atoms with Crippen molar-refractivity contribution in [3.8, 4) is 0 Å². The van der Waals surface area contributed by atoms with Crippen molar-refractivity contribution in [2.75, 3.05) is 13.2 Å². The Labute approximate surface area is 159 Å². The maximum Gasteiger partial charge on any atom is 0.341 e. The van der Waals surface area contributed by atoms with Crippen LogP contribution in [0, 0.1) is 0 Å². The summed E-state index contributed by atoms with van der Waals surface area (Å²) in [5.41, 5.74) is 0.333. The molecule has 0 amide bonds. The van der Waals surface area contributed by atoms with Crippen molar-refractivity contribution in [2.24, 2.45) is 0 Å². The molecule has 0 bridgehead atoms. The number of esters is 2. The van der Waals surface area contributed by atoms with Crippen molar-refractivity contribution < 1.29 is 28.2 Å². The lowest BCUT2D eigenvalue weighted by molar-refractivity contribution is -0.140. The highest BCUT2D eigenvalue weighted by molar-refractivity contribution is 9.10. The van der Waals surface area contributed by atoms with Crippen molar-refractivity contribution in [1.29, 1.82) is 0 Å². The summed E-state index contributed by atoms with van der Waals surface area (Å²) in [5.74, 6) is -2.34. The van der Waals surface area contributed by atoms with Crippen molar-refractivity contribution in [2.45, 2.75) is 33.1 Å². The first-order valence-electron chi connectivity index (χ1n) is 8.34. The van der Waals surface area contributed by atoms with Gasteiger partial charge in [0.1, 0.15) is 11.3 Å². The zero-order valence-electron chi connectivity index (χ0n) is 14.8. The third-order valence-electron chi connectivity index (χ3n) is 3.82. The van der Waals surface area contributed by atoms with Crippen LogP contribution in [0.3, 0.4) is 0 Å². The zero-order valence-corrected chi connectivity index (χ0v) is 16.4. The van der Waals surface area contributed by atoms with Gasteiger partial charge in [-0.1, -0.05) is 35.0 Å². The Morgan fingerprint density at radius 3 is 2.08 bits per heavy atom. The van der Waals surface area contributed by atoms with Crippen molar-refractivity contribution in [3.63, 3.8) is 0 Å². The summed E-state index contributed by atoms with van der Waals surface area (Å²) in [6.45, 7) is 5.24. The van der Waals surface area contributed by atoms with Gasteiger partial charge in [0.15, 0.2) is 0 Å². The average Bonchev–Trinajstić information content (AvgIpc) is 2.61. The van der Waals surface area contributed by atoms with Gasteiger partial charge in [-0.05, 0) is 31.5 Å². The second-order valence-corrected chi connectivity index (χ2v) is 6.32. The van der Waals surface area contributed by atoms with Crippen LogP contribution in [0.15, 0.2) is 51.7 Å². The highest BCUT2D eigenvalue weighted by atomic mass is 79.9. The normalized spacial score (nSPS) is 17.0. The van der Waals surface area contributed by atoms with Gasteiger partial charge in [0.2, 0.25) is 0 Å². The van der Waals surface area contributed by atoms with E-state index in [1.54, 1.807) is 45.0 Å². The molecule has 5 nitrogen and oxygen atoms in total. The first-order valence-corrected chi connectivity index (χ1v) is 9.14. The van der Waals surface area contributed by atoms with Crippen molar-refractivity contribution in [1.82, 2.24) is 0 Å². The van der Waals surface area contributed by atoms with Gasteiger partial charge >= 0.3 is 11.9 Å². The van der Waals surface area contributed by atoms with Crippen LogP contribution in [0.4, 0.5) is 4.39 Å². The summed E-state index contributed by atoms with van der Waals surface area (Å²) in [4.78, 5) is 25.0. The topological polar surface area (TPSA) is 61.8 Å². The summed E-state index contributed by atoms with van der Waals surface area (Å²) in [7, 11) is 0. The maximum atomic E-state index is 14.7. The Bertz CT molecular complexity index is 752. The smallest absolute Gasteiger partial charge is 0.341 e. The van der Waals surface area contributed by atoms with Gasteiger partial charge in [-0.2, -0.15) is 4.39 Å². The first-order chi connectivity index (χ1) is 12.4. The maximum absolute atomic E-state index is 14.7. The van der Waals surface area contributed by atoms with Crippen LogP contribution < -0.4 is 0 Å². The molecular formula is C19H20BrFO5. The van der Waals surface area contributed by atoms with Gasteiger partial charge in [0, 0.05) is 10.9 Å². The van der Waals surface area contributed by atoms with Crippen LogP contribution in [0.5, 0.6) is 0 Å². The average molecular weight is 427 g/mol. The minimum atomic E-state index is -1.05. The molecule has 1 aromatic carbocycles. The molecular weight excluding hydrogens is 407 g/mol. The Hall–Kier alpha value is -2.15. The van der Waals surface area contributed by atoms with E-state index in [-0.39, 0.29) is 36.5 Å². The van der Waals surface area contributed by atoms with E-state index in [1.165, 1.54) is 0 Å². The van der Waals surface area contributed by atoms with Crippen molar-refractivity contribution >= 4 is 27.9 Å². The van der Waals surface area contributed by atoms with Gasteiger partial charge < -0.3 is 14.2 Å². The molecule has 1 aliphatic heterocycles. The number of halogens is 2. The van der Waals surface area contributed by atoms with E-state index < -0.39 is 23.9 Å². The van der Waals surface area contributed by atoms with E-state index in [9.17, 15) is 14.0 Å². The standard InChI is InChI=1S/C19H20BrFO5/c1-4-13-15(18(22)24-5-2)14(11-7-9-12(20)10-8-11)16(17(21)26-13)19(23)25-6-3/h7-10,14H,4-6H2,1-3H3. The molecule has 0 fully saturated rings. The molecule has 0 spiro atoms. The first kappa shape index (κ1) is 20.2. The molecule has 1 atom stereocenters. The van der Waals surface area contributed by atoms with Crippen LogP contribution in [-0.4, -0.2) is 25.2 Å². The van der Waals surface area contributed by atoms with Crippen LogP contribution in [0.1, 0.15) is 38.7 Å². The van der Waals surface area contributed by atoms with E-state index in [0.717, 1.165) is 4.47 Å². The molecule has 7 heteroatoms. The van der Waals surface area contributed by atoms with E-state index in [0.29, 0.717) is 5.56 Å². The van der Waals surface area contributed by atoms with Gasteiger partial charge in [0.25, 0.3) is 6.01 Å². The second kappa shape index (κ2) is 8.98. The molecule has 0 aliphatic carbocycles. The fraction of sp³-hybridized carbons (Fsp3) is 0.368. The molecule has 26 heavy (non-hydrogen) atoms. The fourth-order valence-electron chi connectivity index (χ4n) is 2.74. The molecule has 2 rings (SSSR count). The number of allylic oxidation sites excluding steroid dienone is 1. The Morgan fingerprint density at radius 2 is 1.58 bits per heavy atom. The minimum Gasteiger partial charge on any atom is -0.463 e. The monoisotopic (exact) mass is 426 g/mol. The predicted molar refractivity (Wildman–Crippen MR) is 96.7 cm³/mol. The highest BCUT2D eigenvalue weighted by Crippen LogP contribution is 2.43. The molecule has 1 unspecified atom stereocenters. The Morgan fingerprint density at radius 1 is 1.04 bits per heavy atom. The molecule has 140 valence electrons. The minimum absolute atomic E-state index is 0.0712. The number of carbonyl (C=O) groups is 2. The number of ether oxygens (including phenoxy) is 3. The molecule has 0 radical (unpaired) electrons. The van der Waals surface area contributed by atoms with Gasteiger partial charge in [0.05, 0.1) is 24.7 Å². The molecule has 1 aliphatic rings. The summed E-state index contributed by atoms with van der Waals surface area (Å²) < 4.78 is 30.7. The summed E-state index contributed by atoms with van der Waals surface area (Å²) in [5, 5.41) is 0. The molecule has 1 heterocycles. The lowest BCUT2D eigenvalue weighted by Gasteiger charge is -2.28. The molecule has 0 saturated heterocycles. The predicted octanol–water partition coefficient (Wildman–Crippen LogP) is 4.53. The van der Waals surface area contributed by atoms with E-state index in [4.69, 9.17) is 14.2 Å². The largest absolute Gasteiger partial charge is 0.463 e. The number of hydrogen-bond acceptors (Lipinski definition) is 5. The SMILES string of the molecule is CCOC(=O)C1=C(F)OC(CC)=C(C(=O)OCC)C1c1ccc(Br)cc1. The van der Waals surface area contributed by atoms with E-state index in [1.807, 2.05) is 0 Å². The lowest BCUT2D eigenvalue weighted by Crippen LogP contribution is -2.27. The number of carbonyl (C=O) groups excluding carboxylic acids is 2. The van der Waals surface area contributed by atoms with E-state index in [2.05, 4.69) is 15.9 Å². The number of rotatable bonds is 6.